The molecule has 0 amide bonds. The third-order valence-electron chi connectivity index (χ3n) is 3.27. The fourth-order valence-corrected chi connectivity index (χ4v) is 2.10. The molecule has 1 aromatic carbocycles. The van der Waals surface area contributed by atoms with Crippen molar-refractivity contribution in [3.05, 3.63) is 29.3 Å². The number of rotatable bonds is 1. The summed E-state index contributed by atoms with van der Waals surface area (Å²) in [4.78, 5) is 2.50. The second-order valence-electron chi connectivity index (χ2n) is 4.78. The Morgan fingerprint density at radius 2 is 1.43 bits per heavy atom. The van der Waals surface area contributed by atoms with Crippen LogP contribution in [0.1, 0.15) is 11.1 Å². The van der Waals surface area contributed by atoms with Crippen molar-refractivity contribution >= 4 is 5.69 Å². The zero-order valence-electron chi connectivity index (χ0n) is 10.8. The van der Waals surface area contributed by atoms with Gasteiger partial charge < -0.3 is 10.0 Å². The predicted octanol–water partition coefficient (Wildman–Crippen LogP) is 2.75. The van der Waals surface area contributed by atoms with Crippen molar-refractivity contribution in [2.24, 2.45) is 0 Å². The van der Waals surface area contributed by atoms with Crippen molar-refractivity contribution in [2.75, 3.05) is 25.0 Å². The highest BCUT2D eigenvalue weighted by molar-refractivity contribution is 5.53. The first kappa shape index (κ1) is 15.9. The van der Waals surface area contributed by atoms with Gasteiger partial charge in [0.05, 0.1) is 11.1 Å². The number of aliphatic hydroxyl groups excluding tert-OH is 1. The van der Waals surface area contributed by atoms with Gasteiger partial charge in [0.25, 0.3) is 0 Å². The van der Waals surface area contributed by atoms with Gasteiger partial charge in [-0.15, -0.1) is 0 Å². The molecule has 0 saturated carbocycles. The highest BCUT2D eigenvalue weighted by atomic mass is 19.4. The van der Waals surface area contributed by atoms with Crippen LogP contribution in [0.15, 0.2) is 18.2 Å². The van der Waals surface area contributed by atoms with Gasteiger partial charge in [-0.3, -0.25) is 4.90 Å². The van der Waals surface area contributed by atoms with Crippen LogP contribution in [-0.2, 0) is 12.4 Å². The minimum Gasteiger partial charge on any atom is -0.361 e. The molecule has 1 saturated heterocycles. The summed E-state index contributed by atoms with van der Waals surface area (Å²) in [6, 6.07) is 1.28. The van der Waals surface area contributed by atoms with E-state index in [2.05, 4.69) is 0 Å². The molecule has 1 N–H and O–H groups in total. The third kappa shape index (κ3) is 3.24. The second-order valence-corrected chi connectivity index (χ2v) is 4.78. The van der Waals surface area contributed by atoms with E-state index in [1.54, 1.807) is 0 Å². The van der Waals surface area contributed by atoms with Gasteiger partial charge >= 0.3 is 12.4 Å². The molecule has 1 fully saturated rings. The van der Waals surface area contributed by atoms with Crippen LogP contribution < -0.4 is 4.90 Å². The summed E-state index contributed by atoms with van der Waals surface area (Å²) in [5.74, 6) is 0. The van der Waals surface area contributed by atoms with Crippen LogP contribution in [0.25, 0.3) is 0 Å². The van der Waals surface area contributed by atoms with Crippen LogP contribution in [-0.4, -0.2) is 36.5 Å². The molecule has 1 aliphatic rings. The quantitative estimate of drug-likeness (QED) is 0.808. The van der Waals surface area contributed by atoms with E-state index in [0.717, 1.165) is 4.90 Å². The number of likely N-dealkylation sites (N-methyl/N-ethyl adjacent to an activating group) is 1. The Balaban J connectivity index is 2.51. The van der Waals surface area contributed by atoms with Gasteiger partial charge in [0.1, 0.15) is 0 Å². The first-order valence-electron chi connectivity index (χ1n) is 5.94. The highest BCUT2D eigenvalue weighted by Gasteiger charge is 2.38. The van der Waals surface area contributed by atoms with E-state index < -0.39 is 29.8 Å². The summed E-state index contributed by atoms with van der Waals surface area (Å²) in [6.07, 6.45) is -11.0. The van der Waals surface area contributed by atoms with Crippen molar-refractivity contribution < 1.29 is 31.4 Å². The largest absolute Gasteiger partial charge is 0.416 e. The molecular weight excluding hydrogens is 302 g/mol. The number of hydrogen-bond acceptors (Lipinski definition) is 3. The van der Waals surface area contributed by atoms with Crippen molar-refractivity contribution in [3.8, 4) is 0 Å². The van der Waals surface area contributed by atoms with Crippen LogP contribution in [0.4, 0.5) is 32.0 Å². The molecule has 1 heterocycles. The fraction of sp³-hybridized carbons (Fsp3) is 0.500. The Hall–Kier alpha value is -1.48. The Kier molecular flexibility index (Phi) is 3.83. The smallest absolute Gasteiger partial charge is 0.361 e. The van der Waals surface area contributed by atoms with E-state index in [0.29, 0.717) is 18.7 Å². The molecule has 9 heteroatoms. The normalized spacial score (nSPS) is 21.1. The zero-order valence-corrected chi connectivity index (χ0v) is 10.8. The minimum absolute atomic E-state index is 0.0651. The van der Waals surface area contributed by atoms with Gasteiger partial charge in [-0.2, -0.15) is 26.3 Å². The molecule has 21 heavy (non-hydrogen) atoms. The zero-order chi connectivity index (χ0) is 16.0. The monoisotopic (exact) mass is 314 g/mol. The van der Waals surface area contributed by atoms with Crippen LogP contribution >= 0.6 is 0 Å². The average Bonchev–Trinajstić information content (AvgIpc) is 2.67. The topological polar surface area (TPSA) is 26.7 Å². The summed E-state index contributed by atoms with van der Waals surface area (Å²) in [7, 11) is 1.52. The highest BCUT2D eigenvalue weighted by Crippen LogP contribution is 2.39. The van der Waals surface area contributed by atoms with Crippen LogP contribution in [0.3, 0.4) is 0 Å². The van der Waals surface area contributed by atoms with Gasteiger partial charge in [0, 0.05) is 18.8 Å². The maximum Gasteiger partial charge on any atom is 0.416 e. The van der Waals surface area contributed by atoms with Crippen molar-refractivity contribution in [1.29, 1.82) is 0 Å². The Labute approximate surface area is 116 Å². The average molecular weight is 314 g/mol. The third-order valence-corrected chi connectivity index (χ3v) is 3.27. The first-order chi connectivity index (χ1) is 9.50. The van der Waals surface area contributed by atoms with Crippen molar-refractivity contribution in [1.82, 2.24) is 4.90 Å². The van der Waals surface area contributed by atoms with E-state index in [1.165, 1.54) is 11.9 Å². The van der Waals surface area contributed by atoms with E-state index >= 15 is 0 Å². The van der Waals surface area contributed by atoms with Gasteiger partial charge in [0.2, 0.25) is 0 Å². The molecular formula is C12H12F6N2O. The molecule has 1 aromatic rings. The molecule has 118 valence electrons. The molecule has 1 atom stereocenters. The lowest BCUT2D eigenvalue weighted by molar-refractivity contribution is -0.143. The lowest BCUT2D eigenvalue weighted by Gasteiger charge is -2.26. The Morgan fingerprint density at radius 1 is 0.952 bits per heavy atom. The molecule has 0 spiro atoms. The number of nitrogens with zero attached hydrogens (tertiary/aromatic N) is 2. The summed E-state index contributed by atoms with van der Waals surface area (Å²) < 4.78 is 76.4. The number of benzene rings is 1. The second kappa shape index (κ2) is 5.06. The maximum absolute atomic E-state index is 12.7. The Bertz CT molecular complexity index is 495. The minimum atomic E-state index is -4.90. The molecule has 2 rings (SSSR count). The SMILES string of the molecule is CN1CCN(c2cc(C(F)(F)F)cc(C(F)(F)F)c2)C1O. The molecule has 0 bridgehead atoms. The Morgan fingerprint density at radius 3 is 1.76 bits per heavy atom. The first-order valence-corrected chi connectivity index (χ1v) is 5.94. The maximum atomic E-state index is 12.7. The molecule has 0 aliphatic carbocycles. The summed E-state index contributed by atoms with van der Waals surface area (Å²) in [5, 5.41) is 9.79. The molecule has 1 unspecified atom stereocenters. The predicted molar refractivity (Wildman–Crippen MR) is 62.4 cm³/mol. The van der Waals surface area contributed by atoms with Crippen LogP contribution in [0.2, 0.25) is 0 Å². The molecule has 0 aromatic heterocycles. The van der Waals surface area contributed by atoms with Gasteiger partial charge in [-0.25, -0.2) is 0 Å². The van der Waals surface area contributed by atoms with Crippen molar-refractivity contribution in [2.45, 2.75) is 18.7 Å². The molecule has 1 aliphatic heterocycles. The number of anilines is 1. The summed E-state index contributed by atoms with van der Waals surface area (Å²) in [5.41, 5.74) is -3.10. The number of aliphatic hydroxyl groups is 1. The number of alkyl halides is 6. The van der Waals surface area contributed by atoms with Gasteiger partial charge in [-0.1, -0.05) is 0 Å². The number of hydrogen-bond donors (Lipinski definition) is 1. The van der Waals surface area contributed by atoms with E-state index in [1.807, 2.05) is 0 Å². The fourth-order valence-electron chi connectivity index (χ4n) is 2.10. The van der Waals surface area contributed by atoms with E-state index in [9.17, 15) is 31.4 Å². The van der Waals surface area contributed by atoms with Crippen molar-refractivity contribution in [3.63, 3.8) is 0 Å². The number of halogens is 6. The molecule has 0 radical (unpaired) electrons. The summed E-state index contributed by atoms with van der Waals surface area (Å²) >= 11 is 0. The standard InChI is InChI=1S/C12H12F6N2O/c1-19-2-3-20(10(19)21)9-5-7(11(13,14)15)4-8(6-9)12(16,17)18/h4-6,10,21H,2-3H2,1H3. The van der Waals surface area contributed by atoms with Gasteiger partial charge in [0.15, 0.2) is 6.35 Å². The summed E-state index contributed by atoms with van der Waals surface area (Å²) in [6.45, 7) is 0.467. The van der Waals surface area contributed by atoms with Crippen LogP contribution in [0, 0.1) is 0 Å². The lowest BCUT2D eigenvalue weighted by Crippen LogP contribution is -2.36. The van der Waals surface area contributed by atoms with Gasteiger partial charge in [-0.05, 0) is 25.2 Å². The molecule has 3 nitrogen and oxygen atoms in total. The van der Waals surface area contributed by atoms with Crippen LogP contribution in [0.5, 0.6) is 0 Å². The van der Waals surface area contributed by atoms with E-state index in [-0.39, 0.29) is 18.3 Å². The van der Waals surface area contributed by atoms with E-state index in [4.69, 9.17) is 0 Å². The lowest BCUT2D eigenvalue weighted by atomic mass is 10.1.